The third-order valence-corrected chi connectivity index (χ3v) is 3.48. The Morgan fingerprint density at radius 2 is 1.80 bits per heavy atom. The fourth-order valence-corrected chi connectivity index (χ4v) is 2.76. The summed E-state index contributed by atoms with van der Waals surface area (Å²) in [5, 5.41) is 13.6. The molecule has 108 valence electrons. The standard InChI is InChI=1S/C16H23N3O/c1-11-6-12(2)8-14(7-11)15(10-17)16-9-13(3)18-19(16)4-5-20/h6-9,15,20H,4-5,10,17H2,1-3H3. The number of aliphatic hydroxyl groups is 1. The van der Waals surface area contributed by atoms with Crippen LogP contribution in [0.15, 0.2) is 24.3 Å². The van der Waals surface area contributed by atoms with Crippen LogP contribution in [0.4, 0.5) is 0 Å². The van der Waals surface area contributed by atoms with Crippen molar-refractivity contribution < 1.29 is 5.11 Å². The van der Waals surface area contributed by atoms with Crippen LogP contribution in [0.3, 0.4) is 0 Å². The zero-order valence-electron chi connectivity index (χ0n) is 12.4. The molecule has 0 saturated heterocycles. The summed E-state index contributed by atoms with van der Waals surface area (Å²) < 4.78 is 1.87. The Balaban J connectivity index is 2.46. The van der Waals surface area contributed by atoms with Crippen LogP contribution < -0.4 is 5.73 Å². The van der Waals surface area contributed by atoms with E-state index in [0.717, 1.165) is 11.4 Å². The molecule has 4 nitrogen and oxygen atoms in total. The van der Waals surface area contributed by atoms with Gasteiger partial charge in [0.1, 0.15) is 0 Å². The van der Waals surface area contributed by atoms with Crippen molar-refractivity contribution in [3.63, 3.8) is 0 Å². The molecular formula is C16H23N3O. The summed E-state index contributed by atoms with van der Waals surface area (Å²) in [4.78, 5) is 0. The molecule has 2 aromatic rings. The molecule has 4 heteroatoms. The molecule has 0 radical (unpaired) electrons. The van der Waals surface area contributed by atoms with E-state index in [2.05, 4.69) is 43.2 Å². The number of benzene rings is 1. The van der Waals surface area contributed by atoms with Crippen molar-refractivity contribution in [2.45, 2.75) is 33.2 Å². The van der Waals surface area contributed by atoms with Gasteiger partial charge in [0, 0.05) is 18.2 Å². The van der Waals surface area contributed by atoms with Crippen LogP contribution in [0.25, 0.3) is 0 Å². The van der Waals surface area contributed by atoms with Gasteiger partial charge in [-0.2, -0.15) is 5.10 Å². The number of hydrogen-bond acceptors (Lipinski definition) is 3. The van der Waals surface area contributed by atoms with Crippen LogP contribution in [0, 0.1) is 20.8 Å². The van der Waals surface area contributed by atoms with Gasteiger partial charge in [0.05, 0.1) is 18.8 Å². The average Bonchev–Trinajstić information content (AvgIpc) is 2.71. The monoisotopic (exact) mass is 273 g/mol. The van der Waals surface area contributed by atoms with Crippen LogP contribution >= 0.6 is 0 Å². The number of hydrogen-bond donors (Lipinski definition) is 2. The highest BCUT2D eigenvalue weighted by molar-refractivity contribution is 5.36. The highest BCUT2D eigenvalue weighted by atomic mass is 16.3. The Labute approximate surface area is 120 Å². The van der Waals surface area contributed by atoms with Gasteiger partial charge in [-0.05, 0) is 32.4 Å². The Morgan fingerprint density at radius 3 is 2.35 bits per heavy atom. The first-order valence-corrected chi connectivity index (χ1v) is 6.98. The number of nitrogens with zero attached hydrogens (tertiary/aromatic N) is 2. The molecule has 20 heavy (non-hydrogen) atoms. The molecule has 0 amide bonds. The number of nitrogens with two attached hydrogens (primary N) is 1. The molecule has 1 atom stereocenters. The highest BCUT2D eigenvalue weighted by Crippen LogP contribution is 2.26. The topological polar surface area (TPSA) is 64.1 Å². The first kappa shape index (κ1) is 14.8. The third-order valence-electron chi connectivity index (χ3n) is 3.48. The van der Waals surface area contributed by atoms with Gasteiger partial charge in [0.2, 0.25) is 0 Å². The molecule has 1 unspecified atom stereocenters. The zero-order valence-corrected chi connectivity index (χ0v) is 12.4. The molecule has 0 fully saturated rings. The summed E-state index contributed by atoms with van der Waals surface area (Å²) in [7, 11) is 0. The van der Waals surface area contributed by atoms with E-state index in [1.807, 2.05) is 11.6 Å². The van der Waals surface area contributed by atoms with E-state index in [-0.39, 0.29) is 12.5 Å². The van der Waals surface area contributed by atoms with Gasteiger partial charge in [-0.15, -0.1) is 0 Å². The Morgan fingerprint density at radius 1 is 1.15 bits per heavy atom. The molecule has 1 heterocycles. The van der Waals surface area contributed by atoms with Crippen LogP contribution in [0.2, 0.25) is 0 Å². The fourth-order valence-electron chi connectivity index (χ4n) is 2.76. The molecule has 1 aromatic carbocycles. The molecule has 0 saturated carbocycles. The summed E-state index contributed by atoms with van der Waals surface area (Å²) in [6.45, 7) is 7.27. The first-order valence-electron chi connectivity index (χ1n) is 6.98. The number of aliphatic hydroxyl groups excluding tert-OH is 1. The molecule has 0 aliphatic heterocycles. The molecule has 0 bridgehead atoms. The van der Waals surface area contributed by atoms with E-state index in [1.54, 1.807) is 0 Å². The summed E-state index contributed by atoms with van der Waals surface area (Å²) in [5.74, 6) is 0.112. The fraction of sp³-hybridized carbons (Fsp3) is 0.438. The second kappa shape index (κ2) is 6.20. The molecule has 2 rings (SSSR count). The lowest BCUT2D eigenvalue weighted by Gasteiger charge is -2.18. The largest absolute Gasteiger partial charge is 0.394 e. The van der Waals surface area contributed by atoms with Crippen LogP contribution in [-0.2, 0) is 6.54 Å². The van der Waals surface area contributed by atoms with Gasteiger partial charge in [-0.25, -0.2) is 0 Å². The molecular weight excluding hydrogens is 250 g/mol. The summed E-state index contributed by atoms with van der Waals surface area (Å²) in [6.07, 6.45) is 0. The van der Waals surface area contributed by atoms with Gasteiger partial charge in [0.15, 0.2) is 0 Å². The van der Waals surface area contributed by atoms with Crippen molar-refractivity contribution in [1.29, 1.82) is 0 Å². The summed E-state index contributed by atoms with van der Waals surface area (Å²) in [6, 6.07) is 8.57. The van der Waals surface area contributed by atoms with Crippen molar-refractivity contribution in [1.82, 2.24) is 9.78 Å². The number of aromatic nitrogens is 2. The van der Waals surface area contributed by atoms with Gasteiger partial charge in [-0.3, -0.25) is 4.68 Å². The van der Waals surface area contributed by atoms with E-state index in [0.29, 0.717) is 13.1 Å². The first-order chi connectivity index (χ1) is 9.55. The predicted octanol–water partition coefficient (Wildman–Crippen LogP) is 1.89. The van der Waals surface area contributed by atoms with E-state index >= 15 is 0 Å². The third kappa shape index (κ3) is 3.08. The summed E-state index contributed by atoms with van der Waals surface area (Å²) >= 11 is 0. The van der Waals surface area contributed by atoms with Crippen molar-refractivity contribution in [3.8, 4) is 0 Å². The van der Waals surface area contributed by atoms with E-state index in [9.17, 15) is 5.11 Å². The maximum absolute atomic E-state index is 9.17. The van der Waals surface area contributed by atoms with E-state index in [1.165, 1.54) is 16.7 Å². The minimum Gasteiger partial charge on any atom is -0.394 e. The average molecular weight is 273 g/mol. The van der Waals surface area contributed by atoms with Gasteiger partial charge in [-0.1, -0.05) is 29.3 Å². The van der Waals surface area contributed by atoms with Crippen LogP contribution in [0.5, 0.6) is 0 Å². The SMILES string of the molecule is Cc1cc(C)cc(C(CN)c2cc(C)nn2CCO)c1. The van der Waals surface area contributed by atoms with Crippen LogP contribution in [-0.4, -0.2) is 28.0 Å². The minimum absolute atomic E-state index is 0.0816. The predicted molar refractivity (Wildman–Crippen MR) is 80.9 cm³/mol. The molecule has 0 aliphatic carbocycles. The normalized spacial score (nSPS) is 12.7. The maximum Gasteiger partial charge on any atom is 0.0644 e. The lowest BCUT2D eigenvalue weighted by molar-refractivity contribution is 0.266. The van der Waals surface area contributed by atoms with Gasteiger partial charge < -0.3 is 10.8 Å². The number of aryl methyl sites for hydroxylation is 3. The second-order valence-corrected chi connectivity index (χ2v) is 5.37. The molecule has 3 N–H and O–H groups in total. The van der Waals surface area contributed by atoms with Crippen LogP contribution in [0.1, 0.15) is 34.0 Å². The van der Waals surface area contributed by atoms with Gasteiger partial charge in [0.25, 0.3) is 0 Å². The minimum atomic E-state index is 0.0816. The zero-order chi connectivity index (χ0) is 14.7. The van der Waals surface area contributed by atoms with Crippen molar-refractivity contribution >= 4 is 0 Å². The van der Waals surface area contributed by atoms with Gasteiger partial charge >= 0.3 is 0 Å². The second-order valence-electron chi connectivity index (χ2n) is 5.37. The van der Waals surface area contributed by atoms with E-state index in [4.69, 9.17) is 5.73 Å². The number of rotatable bonds is 5. The smallest absolute Gasteiger partial charge is 0.0644 e. The maximum atomic E-state index is 9.17. The lowest BCUT2D eigenvalue weighted by atomic mass is 9.92. The quantitative estimate of drug-likeness (QED) is 0.874. The Bertz CT molecular complexity index is 569. The van der Waals surface area contributed by atoms with Crippen molar-refractivity contribution in [3.05, 3.63) is 52.3 Å². The highest BCUT2D eigenvalue weighted by Gasteiger charge is 2.18. The van der Waals surface area contributed by atoms with Crippen molar-refractivity contribution in [2.24, 2.45) is 5.73 Å². The Kier molecular flexibility index (Phi) is 4.57. The molecule has 0 aliphatic rings. The Hall–Kier alpha value is -1.65. The van der Waals surface area contributed by atoms with Crippen molar-refractivity contribution in [2.75, 3.05) is 13.2 Å². The molecule has 1 aromatic heterocycles. The summed E-state index contributed by atoms with van der Waals surface area (Å²) in [5.41, 5.74) is 11.7. The van der Waals surface area contributed by atoms with E-state index < -0.39 is 0 Å². The lowest BCUT2D eigenvalue weighted by Crippen LogP contribution is -2.19. The molecule has 0 spiro atoms.